The fraction of sp³-hybridized carbons (Fsp3) is 0.462. The van der Waals surface area contributed by atoms with E-state index in [0.717, 1.165) is 37.2 Å². The Morgan fingerprint density at radius 3 is 3.00 bits per heavy atom. The van der Waals surface area contributed by atoms with Crippen molar-refractivity contribution < 1.29 is 9.53 Å². The van der Waals surface area contributed by atoms with E-state index in [1.807, 2.05) is 24.3 Å². The number of rotatable bonds is 1. The van der Waals surface area contributed by atoms with Gasteiger partial charge in [-0.2, -0.15) is 0 Å². The number of para-hydroxylation sites is 2. The lowest BCUT2D eigenvalue weighted by molar-refractivity contribution is 0.246. The van der Waals surface area contributed by atoms with E-state index in [9.17, 15) is 4.79 Å². The van der Waals surface area contributed by atoms with Crippen LogP contribution in [0, 0.1) is 0 Å². The predicted molar refractivity (Wildman–Crippen MR) is 65.5 cm³/mol. The molecule has 0 spiro atoms. The molecule has 2 amide bonds. The van der Waals surface area contributed by atoms with Crippen molar-refractivity contribution in [3.05, 3.63) is 24.3 Å². The second-order valence-electron chi connectivity index (χ2n) is 4.55. The number of nitrogens with zero attached hydrogens (tertiary/aromatic N) is 1. The minimum atomic E-state index is 0.00505. The van der Waals surface area contributed by atoms with Gasteiger partial charge in [-0.15, -0.1) is 0 Å². The third-order valence-electron chi connectivity index (χ3n) is 3.09. The van der Waals surface area contributed by atoms with Crippen molar-refractivity contribution >= 4 is 11.7 Å². The quantitative estimate of drug-likeness (QED) is 0.806. The fourth-order valence-corrected chi connectivity index (χ4v) is 2.02. The van der Waals surface area contributed by atoms with Gasteiger partial charge in [0.05, 0.1) is 12.3 Å². The Kier molecular flexibility index (Phi) is 2.63. The van der Waals surface area contributed by atoms with Crippen molar-refractivity contribution in [1.29, 1.82) is 0 Å². The summed E-state index contributed by atoms with van der Waals surface area (Å²) in [4.78, 5) is 13.9. The first-order valence-electron chi connectivity index (χ1n) is 6.14. The third kappa shape index (κ3) is 2.20. The van der Waals surface area contributed by atoms with Gasteiger partial charge in [-0.1, -0.05) is 12.1 Å². The van der Waals surface area contributed by atoms with Gasteiger partial charge in [-0.3, -0.25) is 4.90 Å². The normalized spacial score (nSPS) is 18.9. The average Bonchev–Trinajstić information content (AvgIpc) is 3.14. The summed E-state index contributed by atoms with van der Waals surface area (Å²) in [5, 5.41) is 3.02. The first-order chi connectivity index (χ1) is 8.34. The van der Waals surface area contributed by atoms with E-state index in [4.69, 9.17) is 4.74 Å². The van der Waals surface area contributed by atoms with Crippen molar-refractivity contribution in [2.24, 2.45) is 0 Å². The number of hydrogen-bond acceptors (Lipinski definition) is 2. The lowest BCUT2D eigenvalue weighted by atomic mass is 10.2. The standard InChI is InChI=1S/C13H16N2O2/c16-13(14-10-6-7-10)15-8-3-9-17-12-5-2-1-4-11(12)15/h1-2,4-5,10H,3,6-9H2,(H,14,16). The van der Waals surface area contributed by atoms with Crippen LogP contribution in [0.3, 0.4) is 0 Å². The Hall–Kier alpha value is -1.71. The molecule has 1 aliphatic heterocycles. The van der Waals surface area contributed by atoms with Crippen LogP contribution in [0.4, 0.5) is 10.5 Å². The molecule has 0 unspecified atom stereocenters. The highest BCUT2D eigenvalue weighted by Crippen LogP contribution is 2.31. The molecule has 1 aromatic carbocycles. The minimum absolute atomic E-state index is 0.00505. The molecule has 2 aliphatic rings. The van der Waals surface area contributed by atoms with Crippen molar-refractivity contribution in [2.75, 3.05) is 18.1 Å². The van der Waals surface area contributed by atoms with E-state index in [1.165, 1.54) is 0 Å². The molecule has 90 valence electrons. The smallest absolute Gasteiger partial charge is 0.322 e. The average molecular weight is 232 g/mol. The molecule has 1 aliphatic carbocycles. The SMILES string of the molecule is O=C(NC1CC1)N1CCCOc2ccccc21. The van der Waals surface area contributed by atoms with E-state index >= 15 is 0 Å². The third-order valence-corrected chi connectivity index (χ3v) is 3.09. The number of carbonyl (C=O) groups is 1. The number of ether oxygens (including phenoxy) is 1. The zero-order valence-electron chi connectivity index (χ0n) is 9.69. The molecule has 1 N–H and O–H groups in total. The summed E-state index contributed by atoms with van der Waals surface area (Å²) in [6.07, 6.45) is 3.09. The van der Waals surface area contributed by atoms with Gasteiger partial charge in [-0.05, 0) is 31.4 Å². The van der Waals surface area contributed by atoms with Gasteiger partial charge in [-0.25, -0.2) is 4.79 Å². The Bertz CT molecular complexity index is 429. The number of amides is 2. The van der Waals surface area contributed by atoms with Crippen LogP contribution in [0.5, 0.6) is 5.75 Å². The van der Waals surface area contributed by atoms with Gasteiger partial charge in [0.15, 0.2) is 0 Å². The monoisotopic (exact) mass is 232 g/mol. The van der Waals surface area contributed by atoms with Gasteiger partial charge in [0.2, 0.25) is 0 Å². The number of anilines is 1. The van der Waals surface area contributed by atoms with E-state index in [-0.39, 0.29) is 6.03 Å². The first-order valence-corrected chi connectivity index (χ1v) is 6.14. The lowest BCUT2D eigenvalue weighted by Crippen LogP contribution is -2.41. The van der Waals surface area contributed by atoms with Crippen molar-refractivity contribution in [2.45, 2.75) is 25.3 Å². The molecule has 17 heavy (non-hydrogen) atoms. The van der Waals surface area contributed by atoms with Crippen LogP contribution in [-0.4, -0.2) is 25.2 Å². The number of hydrogen-bond donors (Lipinski definition) is 1. The summed E-state index contributed by atoms with van der Waals surface area (Å²) >= 11 is 0. The second-order valence-corrected chi connectivity index (χ2v) is 4.55. The fourth-order valence-electron chi connectivity index (χ4n) is 2.02. The zero-order valence-corrected chi connectivity index (χ0v) is 9.69. The van der Waals surface area contributed by atoms with Gasteiger partial charge < -0.3 is 10.1 Å². The Morgan fingerprint density at radius 2 is 2.18 bits per heavy atom. The molecule has 0 aromatic heterocycles. The van der Waals surface area contributed by atoms with Gasteiger partial charge in [0, 0.05) is 12.6 Å². The number of fused-ring (bicyclic) bond motifs is 1. The van der Waals surface area contributed by atoms with E-state index in [2.05, 4.69) is 5.32 Å². The van der Waals surface area contributed by atoms with Crippen LogP contribution in [0.25, 0.3) is 0 Å². The topological polar surface area (TPSA) is 41.6 Å². The summed E-state index contributed by atoms with van der Waals surface area (Å²) in [6, 6.07) is 8.11. The molecule has 4 heteroatoms. The number of urea groups is 1. The second kappa shape index (κ2) is 4.28. The molecule has 1 saturated carbocycles. The molecule has 0 radical (unpaired) electrons. The van der Waals surface area contributed by atoms with E-state index in [1.54, 1.807) is 4.90 Å². The predicted octanol–water partition coefficient (Wildman–Crippen LogP) is 2.15. The maximum Gasteiger partial charge on any atom is 0.322 e. The van der Waals surface area contributed by atoms with Gasteiger partial charge >= 0.3 is 6.03 Å². The first kappa shape index (κ1) is 10.4. The lowest BCUT2D eigenvalue weighted by Gasteiger charge is -2.21. The van der Waals surface area contributed by atoms with E-state index < -0.39 is 0 Å². The van der Waals surface area contributed by atoms with Crippen molar-refractivity contribution in [1.82, 2.24) is 5.32 Å². The molecular weight excluding hydrogens is 216 g/mol. The summed E-state index contributed by atoms with van der Waals surface area (Å²) in [5.41, 5.74) is 0.878. The molecule has 1 heterocycles. The Morgan fingerprint density at radius 1 is 1.35 bits per heavy atom. The number of benzene rings is 1. The van der Waals surface area contributed by atoms with Crippen LogP contribution >= 0.6 is 0 Å². The summed E-state index contributed by atoms with van der Waals surface area (Å²) in [5.74, 6) is 0.802. The molecule has 4 nitrogen and oxygen atoms in total. The maximum atomic E-state index is 12.1. The molecule has 0 atom stereocenters. The molecular formula is C13H16N2O2. The zero-order chi connectivity index (χ0) is 11.7. The molecule has 1 fully saturated rings. The highest BCUT2D eigenvalue weighted by atomic mass is 16.5. The molecule has 1 aromatic rings. The van der Waals surface area contributed by atoms with E-state index in [0.29, 0.717) is 12.6 Å². The molecule has 0 saturated heterocycles. The largest absolute Gasteiger partial charge is 0.491 e. The Balaban J connectivity index is 1.85. The highest BCUT2D eigenvalue weighted by Gasteiger charge is 2.28. The van der Waals surface area contributed by atoms with Crippen LogP contribution in [-0.2, 0) is 0 Å². The minimum Gasteiger partial charge on any atom is -0.491 e. The number of nitrogens with one attached hydrogen (secondary N) is 1. The highest BCUT2D eigenvalue weighted by molar-refractivity contribution is 5.94. The van der Waals surface area contributed by atoms with Gasteiger partial charge in [0.1, 0.15) is 5.75 Å². The molecule has 3 rings (SSSR count). The van der Waals surface area contributed by atoms with Crippen LogP contribution < -0.4 is 15.0 Å². The van der Waals surface area contributed by atoms with Crippen LogP contribution in [0.2, 0.25) is 0 Å². The van der Waals surface area contributed by atoms with Crippen molar-refractivity contribution in [3.63, 3.8) is 0 Å². The summed E-state index contributed by atoms with van der Waals surface area (Å²) < 4.78 is 5.63. The summed E-state index contributed by atoms with van der Waals surface area (Å²) in [7, 11) is 0. The van der Waals surface area contributed by atoms with Gasteiger partial charge in [0.25, 0.3) is 0 Å². The number of carbonyl (C=O) groups excluding carboxylic acids is 1. The molecule has 0 bridgehead atoms. The van der Waals surface area contributed by atoms with Crippen LogP contribution in [0.15, 0.2) is 24.3 Å². The summed E-state index contributed by atoms with van der Waals surface area (Å²) in [6.45, 7) is 1.39. The van der Waals surface area contributed by atoms with Crippen LogP contribution in [0.1, 0.15) is 19.3 Å². The Labute approximate surface area is 101 Å². The maximum absolute atomic E-state index is 12.1. The van der Waals surface area contributed by atoms with Crippen molar-refractivity contribution in [3.8, 4) is 5.75 Å².